The Morgan fingerprint density at radius 2 is 1.95 bits per heavy atom. The number of amides is 1. The van der Waals surface area contributed by atoms with Gasteiger partial charge in [0.1, 0.15) is 0 Å². The molecule has 1 amide bonds. The quantitative estimate of drug-likeness (QED) is 0.849. The van der Waals surface area contributed by atoms with Crippen molar-refractivity contribution in [2.75, 3.05) is 19.7 Å². The van der Waals surface area contributed by atoms with Crippen LogP contribution in [0.4, 0.5) is 0 Å². The molecule has 2 aliphatic carbocycles. The van der Waals surface area contributed by atoms with Crippen LogP contribution in [0.1, 0.15) is 51.9 Å². The molecule has 4 heteroatoms. The summed E-state index contributed by atoms with van der Waals surface area (Å²) in [4.78, 5) is 14.8. The fourth-order valence-corrected chi connectivity index (χ4v) is 4.55. The summed E-state index contributed by atoms with van der Waals surface area (Å²) in [5, 5.41) is 0. The van der Waals surface area contributed by atoms with Crippen LogP contribution in [0.25, 0.3) is 0 Å². The molecule has 0 spiro atoms. The van der Waals surface area contributed by atoms with Gasteiger partial charge in [-0.05, 0) is 38.0 Å². The zero-order valence-corrected chi connectivity index (χ0v) is 13.3. The summed E-state index contributed by atoms with van der Waals surface area (Å²) < 4.78 is 5.67. The minimum Gasteiger partial charge on any atom is -0.373 e. The number of carbonyl (C=O) groups excluding carboxylic acids is 1. The molecule has 0 aromatic carbocycles. The topological polar surface area (TPSA) is 55.6 Å². The third-order valence-electron chi connectivity index (χ3n) is 5.88. The SMILES string of the molecule is CC(N)C1CN(C(=O)C2CCC3CCCCC3C2)CCO1. The van der Waals surface area contributed by atoms with Crippen molar-refractivity contribution in [1.82, 2.24) is 4.90 Å². The molecule has 3 aliphatic rings. The molecular formula is C17H30N2O2. The van der Waals surface area contributed by atoms with Gasteiger partial charge in [-0.15, -0.1) is 0 Å². The van der Waals surface area contributed by atoms with E-state index in [1.807, 2.05) is 11.8 Å². The summed E-state index contributed by atoms with van der Waals surface area (Å²) in [6.45, 7) is 4.02. The highest BCUT2D eigenvalue weighted by Gasteiger charge is 2.37. The summed E-state index contributed by atoms with van der Waals surface area (Å²) in [6.07, 6.45) is 9.02. The number of morpholine rings is 1. The van der Waals surface area contributed by atoms with Crippen molar-refractivity contribution in [3.8, 4) is 0 Å². The van der Waals surface area contributed by atoms with Crippen molar-refractivity contribution in [2.45, 2.75) is 64.0 Å². The first kappa shape index (κ1) is 15.3. The average Bonchev–Trinajstić information content (AvgIpc) is 2.53. The molecule has 1 saturated heterocycles. The van der Waals surface area contributed by atoms with Crippen molar-refractivity contribution >= 4 is 5.91 Å². The highest BCUT2D eigenvalue weighted by molar-refractivity contribution is 5.79. The second-order valence-corrected chi connectivity index (χ2v) is 7.37. The Kier molecular flexibility index (Phi) is 4.85. The van der Waals surface area contributed by atoms with Gasteiger partial charge in [0.25, 0.3) is 0 Å². The van der Waals surface area contributed by atoms with Crippen LogP contribution in [0, 0.1) is 17.8 Å². The van der Waals surface area contributed by atoms with Crippen molar-refractivity contribution in [1.29, 1.82) is 0 Å². The Hall–Kier alpha value is -0.610. The zero-order valence-electron chi connectivity index (χ0n) is 13.3. The second kappa shape index (κ2) is 6.66. The number of hydrogen-bond acceptors (Lipinski definition) is 3. The van der Waals surface area contributed by atoms with Crippen LogP contribution in [0.5, 0.6) is 0 Å². The van der Waals surface area contributed by atoms with Crippen LogP contribution in [0.2, 0.25) is 0 Å². The predicted octanol–water partition coefficient (Wildman–Crippen LogP) is 2.17. The van der Waals surface area contributed by atoms with Crippen LogP contribution in [-0.2, 0) is 9.53 Å². The summed E-state index contributed by atoms with van der Waals surface area (Å²) >= 11 is 0. The zero-order chi connectivity index (χ0) is 14.8. The first-order valence-electron chi connectivity index (χ1n) is 8.81. The molecule has 21 heavy (non-hydrogen) atoms. The molecule has 0 radical (unpaired) electrons. The average molecular weight is 294 g/mol. The Balaban J connectivity index is 1.57. The van der Waals surface area contributed by atoms with Gasteiger partial charge < -0.3 is 15.4 Å². The summed E-state index contributed by atoms with van der Waals surface area (Å²) in [5.74, 6) is 2.35. The fraction of sp³-hybridized carbons (Fsp3) is 0.941. The number of rotatable bonds is 2. The van der Waals surface area contributed by atoms with Crippen LogP contribution in [0.3, 0.4) is 0 Å². The van der Waals surface area contributed by atoms with Gasteiger partial charge >= 0.3 is 0 Å². The van der Waals surface area contributed by atoms with Crippen molar-refractivity contribution in [2.24, 2.45) is 23.5 Å². The molecule has 120 valence electrons. The van der Waals surface area contributed by atoms with E-state index in [9.17, 15) is 4.79 Å². The van der Waals surface area contributed by atoms with Crippen molar-refractivity contribution in [3.63, 3.8) is 0 Å². The number of nitrogens with two attached hydrogens (primary N) is 1. The third-order valence-corrected chi connectivity index (χ3v) is 5.88. The molecule has 5 unspecified atom stereocenters. The lowest BCUT2D eigenvalue weighted by Crippen LogP contribution is -2.53. The van der Waals surface area contributed by atoms with E-state index in [4.69, 9.17) is 10.5 Å². The lowest BCUT2D eigenvalue weighted by Gasteiger charge is -2.42. The maximum absolute atomic E-state index is 12.8. The third kappa shape index (κ3) is 3.42. The Labute approximate surface area is 128 Å². The molecule has 2 saturated carbocycles. The molecule has 4 nitrogen and oxygen atoms in total. The summed E-state index contributed by atoms with van der Waals surface area (Å²) in [6, 6.07) is -0.00493. The number of fused-ring (bicyclic) bond motifs is 1. The maximum Gasteiger partial charge on any atom is 0.225 e. The number of hydrogen-bond donors (Lipinski definition) is 1. The molecule has 3 rings (SSSR count). The van der Waals surface area contributed by atoms with Crippen LogP contribution >= 0.6 is 0 Å². The standard InChI is InChI=1S/C17H30N2O2/c1-12(18)16-11-19(8-9-21-16)17(20)15-7-6-13-4-2-3-5-14(13)10-15/h12-16H,2-11,18H2,1H3. The van der Waals surface area contributed by atoms with Crippen molar-refractivity contribution in [3.05, 3.63) is 0 Å². The molecular weight excluding hydrogens is 264 g/mol. The number of ether oxygens (including phenoxy) is 1. The van der Waals surface area contributed by atoms with Gasteiger partial charge in [-0.2, -0.15) is 0 Å². The molecule has 0 bridgehead atoms. The molecule has 5 atom stereocenters. The van der Waals surface area contributed by atoms with E-state index in [1.54, 1.807) is 0 Å². The largest absolute Gasteiger partial charge is 0.373 e. The Morgan fingerprint density at radius 3 is 2.71 bits per heavy atom. The minimum atomic E-state index is -0.00493. The maximum atomic E-state index is 12.8. The molecule has 1 aliphatic heterocycles. The van der Waals surface area contributed by atoms with Gasteiger partial charge in [0, 0.05) is 25.0 Å². The lowest BCUT2D eigenvalue weighted by molar-refractivity contribution is -0.146. The molecule has 2 N–H and O–H groups in total. The summed E-state index contributed by atoms with van der Waals surface area (Å²) in [5.41, 5.74) is 5.93. The second-order valence-electron chi connectivity index (χ2n) is 7.37. The van der Waals surface area contributed by atoms with Gasteiger partial charge in [-0.1, -0.05) is 25.7 Å². The van der Waals surface area contributed by atoms with E-state index in [2.05, 4.69) is 0 Å². The van der Waals surface area contributed by atoms with Gasteiger partial charge in [0.05, 0.1) is 12.7 Å². The van der Waals surface area contributed by atoms with E-state index in [-0.39, 0.29) is 18.1 Å². The molecule has 3 fully saturated rings. The Morgan fingerprint density at radius 1 is 1.19 bits per heavy atom. The fourth-order valence-electron chi connectivity index (χ4n) is 4.55. The normalized spacial score (nSPS) is 38.7. The smallest absolute Gasteiger partial charge is 0.225 e. The highest BCUT2D eigenvalue weighted by atomic mass is 16.5. The number of carbonyl (C=O) groups is 1. The summed E-state index contributed by atoms with van der Waals surface area (Å²) in [7, 11) is 0. The lowest BCUT2D eigenvalue weighted by atomic mass is 9.67. The van der Waals surface area contributed by atoms with E-state index in [0.717, 1.165) is 31.2 Å². The Bertz CT molecular complexity index is 372. The van der Waals surface area contributed by atoms with Crippen LogP contribution in [0.15, 0.2) is 0 Å². The first-order chi connectivity index (χ1) is 10.1. The van der Waals surface area contributed by atoms with E-state index in [1.165, 1.54) is 32.1 Å². The molecule has 0 aromatic heterocycles. The number of nitrogens with zero attached hydrogens (tertiary/aromatic N) is 1. The van der Waals surface area contributed by atoms with Crippen LogP contribution in [-0.4, -0.2) is 42.6 Å². The minimum absolute atomic E-state index is 0.00493. The van der Waals surface area contributed by atoms with Gasteiger partial charge in [0.15, 0.2) is 0 Å². The van der Waals surface area contributed by atoms with Gasteiger partial charge in [-0.25, -0.2) is 0 Å². The predicted molar refractivity (Wildman–Crippen MR) is 82.8 cm³/mol. The highest BCUT2D eigenvalue weighted by Crippen LogP contribution is 2.43. The van der Waals surface area contributed by atoms with Crippen molar-refractivity contribution < 1.29 is 9.53 Å². The molecule has 1 heterocycles. The van der Waals surface area contributed by atoms with E-state index in [0.29, 0.717) is 19.1 Å². The monoisotopic (exact) mass is 294 g/mol. The molecule has 0 aromatic rings. The first-order valence-corrected chi connectivity index (χ1v) is 8.81. The van der Waals surface area contributed by atoms with Crippen LogP contribution < -0.4 is 5.73 Å². The van der Waals surface area contributed by atoms with Gasteiger partial charge in [-0.3, -0.25) is 4.79 Å². The van der Waals surface area contributed by atoms with E-state index < -0.39 is 0 Å². The van der Waals surface area contributed by atoms with E-state index >= 15 is 0 Å². The van der Waals surface area contributed by atoms with Gasteiger partial charge in [0.2, 0.25) is 5.91 Å².